The third kappa shape index (κ3) is 2.99. The molecule has 16 heavy (non-hydrogen) atoms. The second-order valence-corrected chi connectivity index (χ2v) is 5.07. The molecule has 88 valence electrons. The van der Waals surface area contributed by atoms with Crippen molar-refractivity contribution in [1.82, 2.24) is 4.90 Å². The van der Waals surface area contributed by atoms with Crippen molar-refractivity contribution in [2.75, 3.05) is 12.4 Å². The van der Waals surface area contributed by atoms with Crippen molar-refractivity contribution in [3.8, 4) is 0 Å². The molecule has 0 N–H and O–H groups in total. The largest absolute Gasteiger partial charge is 0.295 e. The van der Waals surface area contributed by atoms with Gasteiger partial charge < -0.3 is 0 Å². The number of rotatable bonds is 3. The zero-order valence-corrected chi connectivity index (χ0v) is 10.7. The molecule has 1 aromatic carbocycles. The topological polar surface area (TPSA) is 3.24 Å². The summed E-state index contributed by atoms with van der Waals surface area (Å²) >= 11 is 6.02. The van der Waals surface area contributed by atoms with Gasteiger partial charge in [-0.1, -0.05) is 36.2 Å². The lowest BCUT2D eigenvalue weighted by molar-refractivity contribution is 0.155. The Morgan fingerprint density at radius 1 is 1.25 bits per heavy atom. The van der Waals surface area contributed by atoms with Gasteiger partial charge in [-0.3, -0.25) is 4.90 Å². The standard InChI is InChI=1S/C14H20ClN/c1-12-5-7-13(8-6-12)11-16-9-3-2-4-14(16)10-15/h5-8,14H,2-4,9-11H2,1H3. The Bertz CT molecular complexity index is 320. The molecular formula is C14H20ClN. The van der Waals surface area contributed by atoms with Crippen molar-refractivity contribution in [2.45, 2.75) is 38.8 Å². The maximum atomic E-state index is 6.02. The molecule has 1 fully saturated rings. The molecule has 0 aromatic heterocycles. The lowest BCUT2D eigenvalue weighted by Gasteiger charge is -2.34. The Kier molecular flexibility index (Phi) is 4.25. The second-order valence-electron chi connectivity index (χ2n) is 4.76. The Hall–Kier alpha value is -0.530. The van der Waals surface area contributed by atoms with Crippen LogP contribution in [0.1, 0.15) is 30.4 Å². The lowest BCUT2D eigenvalue weighted by atomic mass is 10.0. The molecule has 1 nitrogen and oxygen atoms in total. The first kappa shape index (κ1) is 11.9. The summed E-state index contributed by atoms with van der Waals surface area (Å²) in [5.74, 6) is 0.770. The summed E-state index contributed by atoms with van der Waals surface area (Å²) in [4.78, 5) is 2.53. The minimum atomic E-state index is 0.580. The zero-order chi connectivity index (χ0) is 11.4. The van der Waals surface area contributed by atoms with Crippen LogP contribution in [0.3, 0.4) is 0 Å². The Balaban J connectivity index is 1.99. The minimum absolute atomic E-state index is 0.580. The van der Waals surface area contributed by atoms with E-state index in [1.165, 1.54) is 36.9 Å². The Morgan fingerprint density at radius 3 is 2.69 bits per heavy atom. The van der Waals surface area contributed by atoms with Gasteiger partial charge in [0.2, 0.25) is 0 Å². The number of hydrogen-bond acceptors (Lipinski definition) is 1. The SMILES string of the molecule is Cc1ccc(CN2CCCCC2CCl)cc1. The van der Waals surface area contributed by atoms with E-state index in [0.29, 0.717) is 6.04 Å². The number of piperidine rings is 1. The molecule has 1 heterocycles. The number of likely N-dealkylation sites (tertiary alicyclic amines) is 1. The van der Waals surface area contributed by atoms with Crippen LogP contribution in [0, 0.1) is 6.92 Å². The van der Waals surface area contributed by atoms with Gasteiger partial charge in [0.1, 0.15) is 0 Å². The highest BCUT2D eigenvalue weighted by Gasteiger charge is 2.21. The third-order valence-corrected chi connectivity index (χ3v) is 3.79. The Labute approximate surface area is 103 Å². The molecule has 0 saturated carbocycles. The van der Waals surface area contributed by atoms with Gasteiger partial charge in [-0.15, -0.1) is 11.6 Å². The quantitative estimate of drug-likeness (QED) is 0.727. The zero-order valence-electron chi connectivity index (χ0n) is 9.95. The molecule has 0 bridgehead atoms. The van der Waals surface area contributed by atoms with E-state index in [9.17, 15) is 0 Å². The van der Waals surface area contributed by atoms with Crippen LogP contribution in [0.25, 0.3) is 0 Å². The smallest absolute Gasteiger partial charge is 0.0379 e. The van der Waals surface area contributed by atoms with Gasteiger partial charge in [0.05, 0.1) is 0 Å². The highest BCUT2D eigenvalue weighted by atomic mass is 35.5. The first-order valence-electron chi connectivity index (χ1n) is 6.15. The van der Waals surface area contributed by atoms with Crippen molar-refractivity contribution in [2.24, 2.45) is 0 Å². The number of nitrogens with zero attached hydrogens (tertiary/aromatic N) is 1. The van der Waals surface area contributed by atoms with Crippen molar-refractivity contribution < 1.29 is 0 Å². The van der Waals surface area contributed by atoms with Crippen LogP contribution in [-0.2, 0) is 6.54 Å². The fourth-order valence-electron chi connectivity index (χ4n) is 2.37. The molecule has 0 amide bonds. The van der Waals surface area contributed by atoms with E-state index < -0.39 is 0 Å². The molecular weight excluding hydrogens is 218 g/mol. The van der Waals surface area contributed by atoms with Gasteiger partial charge in [-0.05, 0) is 31.9 Å². The molecule has 1 atom stereocenters. The normalized spacial score (nSPS) is 22.2. The summed E-state index contributed by atoms with van der Waals surface area (Å²) in [7, 11) is 0. The van der Waals surface area contributed by atoms with E-state index in [-0.39, 0.29) is 0 Å². The summed E-state index contributed by atoms with van der Waals surface area (Å²) in [6, 6.07) is 9.42. The lowest BCUT2D eigenvalue weighted by Crippen LogP contribution is -2.40. The highest BCUT2D eigenvalue weighted by Crippen LogP contribution is 2.20. The van der Waals surface area contributed by atoms with Gasteiger partial charge in [0.15, 0.2) is 0 Å². The minimum Gasteiger partial charge on any atom is -0.295 e. The number of aryl methyl sites for hydroxylation is 1. The predicted molar refractivity (Wildman–Crippen MR) is 69.9 cm³/mol. The van der Waals surface area contributed by atoms with Gasteiger partial charge >= 0.3 is 0 Å². The molecule has 1 aliphatic rings. The van der Waals surface area contributed by atoms with E-state index in [4.69, 9.17) is 11.6 Å². The van der Waals surface area contributed by atoms with Gasteiger partial charge in [0.25, 0.3) is 0 Å². The second kappa shape index (κ2) is 5.70. The van der Waals surface area contributed by atoms with Crippen LogP contribution < -0.4 is 0 Å². The van der Waals surface area contributed by atoms with E-state index in [0.717, 1.165) is 12.4 Å². The predicted octanol–water partition coefficient (Wildman–Crippen LogP) is 3.59. The fraction of sp³-hybridized carbons (Fsp3) is 0.571. The maximum absolute atomic E-state index is 6.02. The third-order valence-electron chi connectivity index (χ3n) is 3.43. The van der Waals surface area contributed by atoms with E-state index >= 15 is 0 Å². The first-order chi connectivity index (χ1) is 7.79. The van der Waals surface area contributed by atoms with Gasteiger partial charge in [-0.2, -0.15) is 0 Å². The van der Waals surface area contributed by atoms with Gasteiger partial charge in [0, 0.05) is 18.5 Å². The van der Waals surface area contributed by atoms with Crippen molar-refractivity contribution in [3.05, 3.63) is 35.4 Å². The highest BCUT2D eigenvalue weighted by molar-refractivity contribution is 6.18. The van der Waals surface area contributed by atoms with Gasteiger partial charge in [-0.25, -0.2) is 0 Å². The van der Waals surface area contributed by atoms with Crippen molar-refractivity contribution >= 4 is 11.6 Å². The van der Waals surface area contributed by atoms with E-state index in [1.807, 2.05) is 0 Å². The Morgan fingerprint density at radius 2 is 2.00 bits per heavy atom. The van der Waals surface area contributed by atoms with Crippen LogP contribution in [0.2, 0.25) is 0 Å². The molecule has 0 radical (unpaired) electrons. The molecule has 2 heteroatoms. The average Bonchev–Trinajstić information content (AvgIpc) is 2.33. The summed E-state index contributed by atoms with van der Waals surface area (Å²) in [6.07, 6.45) is 3.91. The van der Waals surface area contributed by atoms with Crippen LogP contribution in [0.4, 0.5) is 0 Å². The van der Waals surface area contributed by atoms with Crippen LogP contribution in [0.5, 0.6) is 0 Å². The molecule has 1 aromatic rings. The number of benzene rings is 1. The van der Waals surface area contributed by atoms with Crippen LogP contribution in [-0.4, -0.2) is 23.4 Å². The molecule has 0 aliphatic carbocycles. The van der Waals surface area contributed by atoms with E-state index in [1.54, 1.807) is 0 Å². The monoisotopic (exact) mass is 237 g/mol. The summed E-state index contributed by atoms with van der Waals surface area (Å²) < 4.78 is 0. The average molecular weight is 238 g/mol. The molecule has 0 spiro atoms. The molecule has 2 rings (SSSR count). The molecule has 1 unspecified atom stereocenters. The molecule has 1 aliphatic heterocycles. The van der Waals surface area contributed by atoms with Crippen LogP contribution >= 0.6 is 11.6 Å². The number of hydrogen-bond donors (Lipinski definition) is 0. The fourth-order valence-corrected chi connectivity index (χ4v) is 2.72. The maximum Gasteiger partial charge on any atom is 0.0379 e. The summed E-state index contributed by atoms with van der Waals surface area (Å²) in [5.41, 5.74) is 2.74. The molecule has 1 saturated heterocycles. The first-order valence-corrected chi connectivity index (χ1v) is 6.68. The number of alkyl halides is 1. The summed E-state index contributed by atoms with van der Waals surface area (Å²) in [6.45, 7) is 4.38. The van der Waals surface area contributed by atoms with Crippen molar-refractivity contribution in [1.29, 1.82) is 0 Å². The van der Waals surface area contributed by atoms with Crippen LogP contribution in [0.15, 0.2) is 24.3 Å². The van der Waals surface area contributed by atoms with E-state index in [2.05, 4.69) is 36.1 Å². The number of halogens is 1. The van der Waals surface area contributed by atoms with Crippen molar-refractivity contribution in [3.63, 3.8) is 0 Å². The summed E-state index contributed by atoms with van der Waals surface area (Å²) in [5, 5.41) is 0.